The average Bonchev–Trinajstić information content (AvgIpc) is 2.54. The Bertz CT molecular complexity index is 1000. The van der Waals surface area contributed by atoms with E-state index in [1.807, 2.05) is 42.5 Å². The van der Waals surface area contributed by atoms with Gasteiger partial charge in [0.15, 0.2) is 9.84 Å². The van der Waals surface area contributed by atoms with E-state index >= 15 is 0 Å². The third kappa shape index (κ3) is 3.81. The summed E-state index contributed by atoms with van der Waals surface area (Å²) in [6.45, 7) is 0. The van der Waals surface area contributed by atoms with E-state index in [1.54, 1.807) is 24.3 Å². The number of benzene rings is 3. The predicted octanol–water partition coefficient (Wildman–Crippen LogP) is 3.64. The zero-order valence-corrected chi connectivity index (χ0v) is 14.0. The Kier molecular flexibility index (Phi) is 4.36. The molecular weight excluding hydrogens is 322 g/mol. The van der Waals surface area contributed by atoms with Crippen LogP contribution in [-0.4, -0.2) is 20.6 Å². The summed E-state index contributed by atoms with van der Waals surface area (Å²) in [6.07, 6.45) is 1.18. The van der Waals surface area contributed by atoms with E-state index in [2.05, 4.69) is 5.32 Å². The van der Waals surface area contributed by atoms with Gasteiger partial charge in [-0.1, -0.05) is 48.5 Å². The van der Waals surface area contributed by atoms with Crippen molar-refractivity contribution in [2.45, 2.75) is 5.75 Å². The van der Waals surface area contributed by atoms with Crippen molar-refractivity contribution in [3.8, 4) is 0 Å². The summed E-state index contributed by atoms with van der Waals surface area (Å²) in [4.78, 5) is 12.5. The van der Waals surface area contributed by atoms with Crippen LogP contribution in [0.15, 0.2) is 66.7 Å². The Morgan fingerprint density at radius 3 is 2.46 bits per heavy atom. The van der Waals surface area contributed by atoms with Crippen molar-refractivity contribution >= 4 is 32.2 Å². The van der Waals surface area contributed by atoms with Crippen molar-refractivity contribution in [1.82, 2.24) is 0 Å². The Balaban J connectivity index is 1.88. The summed E-state index contributed by atoms with van der Waals surface area (Å²) < 4.78 is 22.8. The fourth-order valence-electron chi connectivity index (χ4n) is 2.63. The van der Waals surface area contributed by atoms with Crippen molar-refractivity contribution in [2.24, 2.45) is 0 Å². The van der Waals surface area contributed by atoms with Crippen molar-refractivity contribution in [3.05, 3.63) is 77.9 Å². The van der Waals surface area contributed by atoms with E-state index in [1.165, 1.54) is 6.26 Å². The normalized spacial score (nSPS) is 11.4. The molecule has 0 heterocycles. The highest BCUT2D eigenvalue weighted by atomic mass is 32.2. The Labute approximate surface area is 141 Å². The van der Waals surface area contributed by atoms with E-state index in [9.17, 15) is 13.2 Å². The lowest BCUT2D eigenvalue weighted by molar-refractivity contribution is 0.102. The Morgan fingerprint density at radius 1 is 0.958 bits per heavy atom. The van der Waals surface area contributed by atoms with Crippen LogP contribution in [0.2, 0.25) is 0 Å². The molecule has 3 rings (SSSR count). The van der Waals surface area contributed by atoms with Gasteiger partial charge in [0.2, 0.25) is 0 Å². The minimum atomic E-state index is -3.14. The highest BCUT2D eigenvalue weighted by molar-refractivity contribution is 7.89. The number of carbonyl (C=O) groups is 1. The maximum absolute atomic E-state index is 12.5. The Hall–Kier alpha value is -2.66. The van der Waals surface area contributed by atoms with Gasteiger partial charge in [-0.3, -0.25) is 4.79 Å². The lowest BCUT2D eigenvalue weighted by Gasteiger charge is -2.09. The molecule has 0 unspecified atom stereocenters. The number of fused-ring (bicyclic) bond motifs is 1. The van der Waals surface area contributed by atoms with Gasteiger partial charge in [-0.25, -0.2) is 8.42 Å². The second kappa shape index (κ2) is 6.45. The summed E-state index contributed by atoms with van der Waals surface area (Å²) in [6, 6.07) is 20.2. The molecule has 0 radical (unpaired) electrons. The van der Waals surface area contributed by atoms with Crippen molar-refractivity contribution < 1.29 is 13.2 Å². The number of amides is 1. The number of rotatable bonds is 4. The molecule has 0 atom stereocenters. The smallest absolute Gasteiger partial charge is 0.255 e. The monoisotopic (exact) mass is 339 g/mol. The van der Waals surface area contributed by atoms with Crippen LogP contribution in [0.25, 0.3) is 10.8 Å². The summed E-state index contributed by atoms with van der Waals surface area (Å²) in [5, 5.41) is 4.90. The molecule has 4 nitrogen and oxygen atoms in total. The molecule has 0 fully saturated rings. The summed E-state index contributed by atoms with van der Waals surface area (Å²) in [5.74, 6) is -0.343. The fraction of sp³-hybridized carbons (Fsp3) is 0.105. The summed E-state index contributed by atoms with van der Waals surface area (Å²) in [5.41, 5.74) is 1.76. The van der Waals surface area contributed by atoms with Crippen LogP contribution in [0.1, 0.15) is 15.9 Å². The van der Waals surface area contributed by atoms with Gasteiger partial charge in [0.25, 0.3) is 5.91 Å². The van der Waals surface area contributed by atoms with Gasteiger partial charge in [0.1, 0.15) is 0 Å². The maximum atomic E-state index is 12.5. The van der Waals surface area contributed by atoms with Gasteiger partial charge in [-0.05, 0) is 29.1 Å². The average molecular weight is 339 g/mol. The van der Waals surface area contributed by atoms with Crippen molar-refractivity contribution in [1.29, 1.82) is 0 Å². The van der Waals surface area contributed by atoms with E-state index in [-0.39, 0.29) is 11.7 Å². The molecule has 24 heavy (non-hydrogen) atoms. The minimum absolute atomic E-state index is 0.0810. The molecule has 5 heteroatoms. The molecule has 0 aliphatic carbocycles. The van der Waals surface area contributed by atoms with Gasteiger partial charge in [0.05, 0.1) is 5.75 Å². The van der Waals surface area contributed by atoms with Gasteiger partial charge in [0, 0.05) is 22.9 Å². The second-order valence-corrected chi connectivity index (χ2v) is 7.89. The van der Waals surface area contributed by atoms with Crippen LogP contribution in [0.5, 0.6) is 0 Å². The highest BCUT2D eigenvalue weighted by Gasteiger charge is 2.11. The van der Waals surface area contributed by atoms with Crippen LogP contribution in [0.4, 0.5) is 5.69 Å². The highest BCUT2D eigenvalue weighted by Crippen LogP contribution is 2.23. The van der Waals surface area contributed by atoms with Crippen LogP contribution in [-0.2, 0) is 15.6 Å². The number of anilines is 1. The Morgan fingerprint density at radius 2 is 1.67 bits per heavy atom. The fourth-order valence-corrected chi connectivity index (χ4v) is 3.42. The number of hydrogen-bond acceptors (Lipinski definition) is 3. The second-order valence-electron chi connectivity index (χ2n) is 5.75. The first-order valence-corrected chi connectivity index (χ1v) is 9.54. The van der Waals surface area contributed by atoms with Crippen molar-refractivity contribution in [2.75, 3.05) is 11.6 Å². The van der Waals surface area contributed by atoms with E-state index in [4.69, 9.17) is 0 Å². The quantitative estimate of drug-likeness (QED) is 0.789. The van der Waals surface area contributed by atoms with Gasteiger partial charge in [-0.2, -0.15) is 0 Å². The van der Waals surface area contributed by atoms with Gasteiger partial charge in [-0.15, -0.1) is 0 Å². The topological polar surface area (TPSA) is 63.2 Å². The predicted molar refractivity (Wildman–Crippen MR) is 96.9 cm³/mol. The molecule has 1 amide bonds. The molecule has 0 aliphatic rings. The SMILES string of the molecule is CS(=O)(=O)Cc1cccc(C(=O)Nc2cccc3ccccc23)c1. The first-order chi connectivity index (χ1) is 11.4. The zero-order chi connectivity index (χ0) is 17.2. The molecule has 0 aliphatic heterocycles. The lowest BCUT2D eigenvalue weighted by atomic mass is 10.1. The standard InChI is InChI=1S/C19H17NO3S/c1-24(22,23)13-14-6-4-9-16(12-14)19(21)20-18-11-5-8-15-7-2-3-10-17(15)18/h2-12H,13H2,1H3,(H,20,21). The summed E-state index contributed by atoms with van der Waals surface area (Å²) >= 11 is 0. The lowest BCUT2D eigenvalue weighted by Crippen LogP contribution is -2.13. The third-order valence-corrected chi connectivity index (χ3v) is 4.51. The molecule has 0 saturated carbocycles. The number of carbonyl (C=O) groups excluding carboxylic acids is 1. The molecule has 0 spiro atoms. The van der Waals surface area contributed by atoms with Crippen LogP contribution in [0, 0.1) is 0 Å². The molecule has 0 bridgehead atoms. The molecule has 0 aromatic heterocycles. The number of hydrogen-bond donors (Lipinski definition) is 1. The summed E-state index contributed by atoms with van der Waals surface area (Å²) in [7, 11) is -3.14. The van der Waals surface area contributed by atoms with E-state index < -0.39 is 9.84 Å². The molecule has 3 aromatic carbocycles. The first kappa shape index (κ1) is 16.2. The van der Waals surface area contributed by atoms with Gasteiger partial charge < -0.3 is 5.32 Å². The molecule has 3 aromatic rings. The van der Waals surface area contributed by atoms with Gasteiger partial charge >= 0.3 is 0 Å². The van der Waals surface area contributed by atoms with E-state index in [0.717, 1.165) is 16.5 Å². The van der Waals surface area contributed by atoms with E-state index in [0.29, 0.717) is 11.1 Å². The number of sulfone groups is 1. The van der Waals surface area contributed by atoms with Crippen LogP contribution in [0.3, 0.4) is 0 Å². The zero-order valence-electron chi connectivity index (χ0n) is 13.2. The van der Waals surface area contributed by atoms with Crippen molar-refractivity contribution in [3.63, 3.8) is 0 Å². The molecule has 122 valence electrons. The molecule has 1 N–H and O–H groups in total. The molecule has 0 saturated heterocycles. The number of nitrogens with one attached hydrogen (secondary N) is 1. The third-order valence-electron chi connectivity index (χ3n) is 3.66. The van der Waals surface area contributed by atoms with Crippen LogP contribution >= 0.6 is 0 Å². The molecular formula is C19H17NO3S. The van der Waals surface area contributed by atoms with Crippen LogP contribution < -0.4 is 5.32 Å². The minimum Gasteiger partial charge on any atom is -0.321 e. The first-order valence-electron chi connectivity index (χ1n) is 7.48. The maximum Gasteiger partial charge on any atom is 0.255 e. The largest absolute Gasteiger partial charge is 0.321 e.